The summed E-state index contributed by atoms with van der Waals surface area (Å²) in [7, 11) is 0. The van der Waals surface area contributed by atoms with E-state index in [1.807, 2.05) is 0 Å². The predicted octanol–water partition coefficient (Wildman–Crippen LogP) is 5.05. The minimum absolute atomic E-state index is 0.0122. The van der Waals surface area contributed by atoms with Crippen molar-refractivity contribution in [3.8, 4) is 11.4 Å². The second-order valence-electron chi connectivity index (χ2n) is 7.48. The molecule has 0 fully saturated rings. The minimum Gasteiger partial charge on any atom is -0.467 e. The molecule has 32 heavy (non-hydrogen) atoms. The van der Waals surface area contributed by atoms with E-state index in [4.69, 9.17) is 9.47 Å². The number of aryl methyl sites for hydroxylation is 1. The van der Waals surface area contributed by atoms with E-state index < -0.39 is 23.5 Å². The van der Waals surface area contributed by atoms with Gasteiger partial charge in [-0.25, -0.2) is 4.39 Å². The van der Waals surface area contributed by atoms with Crippen LogP contribution >= 0.6 is 0 Å². The summed E-state index contributed by atoms with van der Waals surface area (Å²) in [6.07, 6.45) is -4.54. The van der Waals surface area contributed by atoms with Crippen molar-refractivity contribution in [3.63, 3.8) is 0 Å². The minimum atomic E-state index is -4.54. The van der Waals surface area contributed by atoms with Gasteiger partial charge in [0.2, 0.25) is 0 Å². The maximum Gasteiger partial charge on any atom is 0.418 e. The van der Waals surface area contributed by atoms with E-state index in [0.717, 1.165) is 6.07 Å². The first kappa shape index (κ1) is 21.9. The summed E-state index contributed by atoms with van der Waals surface area (Å²) in [5.74, 6) is -0.509. The van der Waals surface area contributed by atoms with Gasteiger partial charge in [-0.15, -0.1) is 0 Å². The van der Waals surface area contributed by atoms with Crippen molar-refractivity contribution in [2.45, 2.75) is 33.2 Å². The third-order valence-electron chi connectivity index (χ3n) is 5.32. The average molecular weight is 448 g/mol. The van der Waals surface area contributed by atoms with Gasteiger partial charge in [-0.1, -0.05) is 12.1 Å². The molecule has 1 aliphatic heterocycles. The standard InChI is InChI=1S/C23H20F4N2O3/c1-13-7-18(14(2)29(13)20-6-4-3-5-19(20)23(25,26)27)22(30)28-10-15-8-17(24)9-16-11-31-12-32-21(15)16/h3-9H,10-12H2,1-2H3,(H,28,30). The van der Waals surface area contributed by atoms with Crippen molar-refractivity contribution in [1.82, 2.24) is 9.88 Å². The maximum atomic E-state index is 13.9. The molecule has 0 bridgehead atoms. The molecule has 0 aliphatic carbocycles. The SMILES string of the molecule is Cc1cc(C(=O)NCc2cc(F)cc3c2OCOC3)c(C)n1-c1ccccc1C(F)(F)F. The van der Waals surface area contributed by atoms with E-state index in [9.17, 15) is 22.4 Å². The summed E-state index contributed by atoms with van der Waals surface area (Å²) in [4.78, 5) is 12.9. The van der Waals surface area contributed by atoms with Crippen LogP contribution in [0.4, 0.5) is 17.6 Å². The molecule has 0 saturated heterocycles. The lowest BCUT2D eigenvalue weighted by atomic mass is 10.1. The zero-order valence-electron chi connectivity index (χ0n) is 17.3. The van der Waals surface area contributed by atoms with E-state index in [0.29, 0.717) is 28.3 Å². The summed E-state index contributed by atoms with van der Waals surface area (Å²) in [6, 6.07) is 9.32. The molecule has 1 N–H and O–H groups in total. The Bertz CT molecular complexity index is 1180. The van der Waals surface area contributed by atoms with Crippen LogP contribution in [-0.2, 0) is 24.1 Å². The number of hydrogen-bond acceptors (Lipinski definition) is 3. The number of para-hydroxylation sites is 1. The highest BCUT2D eigenvalue weighted by Crippen LogP contribution is 2.35. The number of alkyl halides is 3. The summed E-state index contributed by atoms with van der Waals surface area (Å²) in [5.41, 5.74) is 1.22. The number of rotatable bonds is 4. The number of hydrogen-bond donors (Lipinski definition) is 1. The molecule has 1 amide bonds. The Kier molecular flexibility index (Phi) is 5.68. The number of benzene rings is 2. The molecule has 5 nitrogen and oxygen atoms in total. The second-order valence-corrected chi connectivity index (χ2v) is 7.48. The summed E-state index contributed by atoms with van der Waals surface area (Å²) >= 11 is 0. The molecule has 0 atom stereocenters. The van der Waals surface area contributed by atoms with Crippen molar-refractivity contribution in [2.24, 2.45) is 0 Å². The van der Waals surface area contributed by atoms with Gasteiger partial charge in [0.15, 0.2) is 6.79 Å². The molecule has 1 aromatic heterocycles. The van der Waals surface area contributed by atoms with Crippen LogP contribution in [0, 0.1) is 19.7 Å². The van der Waals surface area contributed by atoms with E-state index in [1.165, 1.54) is 41.0 Å². The van der Waals surface area contributed by atoms with E-state index in [1.54, 1.807) is 13.8 Å². The lowest BCUT2D eigenvalue weighted by molar-refractivity contribution is -0.137. The molecule has 2 heterocycles. The first-order chi connectivity index (χ1) is 15.2. The van der Waals surface area contributed by atoms with Crippen LogP contribution in [0.3, 0.4) is 0 Å². The number of aromatic nitrogens is 1. The fraction of sp³-hybridized carbons (Fsp3) is 0.261. The van der Waals surface area contributed by atoms with Crippen molar-refractivity contribution in [1.29, 1.82) is 0 Å². The molecule has 0 unspecified atom stereocenters. The quantitative estimate of drug-likeness (QED) is 0.569. The Labute approximate surface area is 181 Å². The summed E-state index contributed by atoms with van der Waals surface area (Å²) in [6.45, 7) is 3.43. The molecule has 0 radical (unpaired) electrons. The Hall–Kier alpha value is -3.33. The van der Waals surface area contributed by atoms with Gasteiger partial charge in [0.05, 0.1) is 23.4 Å². The number of fused-ring (bicyclic) bond motifs is 1. The lowest BCUT2D eigenvalue weighted by Crippen LogP contribution is -2.25. The summed E-state index contributed by atoms with van der Waals surface area (Å²) in [5, 5.41) is 2.71. The fourth-order valence-corrected chi connectivity index (χ4v) is 3.93. The van der Waals surface area contributed by atoms with Crippen LogP contribution < -0.4 is 10.1 Å². The van der Waals surface area contributed by atoms with Crippen LogP contribution in [-0.4, -0.2) is 17.3 Å². The Morgan fingerprint density at radius 2 is 1.91 bits per heavy atom. The number of amides is 1. The third kappa shape index (κ3) is 4.08. The second kappa shape index (κ2) is 8.31. The number of carbonyl (C=O) groups excluding carboxylic acids is 1. The zero-order valence-corrected chi connectivity index (χ0v) is 17.3. The van der Waals surface area contributed by atoms with E-state index in [-0.39, 0.29) is 31.2 Å². The molecule has 4 rings (SSSR count). The molecule has 2 aromatic carbocycles. The van der Waals surface area contributed by atoms with Crippen LogP contribution in [0.25, 0.3) is 5.69 Å². The van der Waals surface area contributed by atoms with Gasteiger partial charge < -0.3 is 19.4 Å². The van der Waals surface area contributed by atoms with Gasteiger partial charge in [0.1, 0.15) is 11.6 Å². The maximum absolute atomic E-state index is 13.9. The number of nitrogens with zero attached hydrogens (tertiary/aromatic N) is 1. The van der Waals surface area contributed by atoms with E-state index >= 15 is 0 Å². The molecule has 0 spiro atoms. The van der Waals surface area contributed by atoms with Crippen molar-refractivity contribution >= 4 is 5.91 Å². The van der Waals surface area contributed by atoms with Gasteiger partial charge in [0, 0.05) is 29.1 Å². The average Bonchev–Trinajstić information content (AvgIpc) is 3.05. The van der Waals surface area contributed by atoms with Gasteiger partial charge in [-0.3, -0.25) is 4.79 Å². The molecule has 168 valence electrons. The monoisotopic (exact) mass is 448 g/mol. The topological polar surface area (TPSA) is 52.5 Å². The number of ether oxygens (including phenoxy) is 2. The van der Waals surface area contributed by atoms with Gasteiger partial charge in [-0.2, -0.15) is 13.2 Å². The highest BCUT2D eigenvalue weighted by Gasteiger charge is 2.34. The highest BCUT2D eigenvalue weighted by molar-refractivity contribution is 5.96. The number of halogens is 4. The molecular weight excluding hydrogens is 428 g/mol. The first-order valence-electron chi connectivity index (χ1n) is 9.82. The number of carbonyl (C=O) groups is 1. The molecule has 3 aromatic rings. The zero-order chi connectivity index (χ0) is 23.0. The first-order valence-corrected chi connectivity index (χ1v) is 9.82. The largest absolute Gasteiger partial charge is 0.467 e. The van der Waals surface area contributed by atoms with Gasteiger partial charge in [-0.05, 0) is 44.2 Å². The van der Waals surface area contributed by atoms with Gasteiger partial charge in [0.25, 0.3) is 5.91 Å². The molecule has 1 aliphatic rings. The van der Waals surface area contributed by atoms with Gasteiger partial charge >= 0.3 is 6.18 Å². The van der Waals surface area contributed by atoms with Crippen molar-refractivity contribution in [3.05, 3.63) is 81.9 Å². The molecule has 0 saturated carbocycles. The summed E-state index contributed by atoms with van der Waals surface area (Å²) < 4.78 is 66.4. The number of nitrogens with one attached hydrogen (secondary N) is 1. The highest BCUT2D eigenvalue weighted by atomic mass is 19.4. The predicted molar refractivity (Wildman–Crippen MR) is 108 cm³/mol. The Morgan fingerprint density at radius 1 is 1.16 bits per heavy atom. The van der Waals surface area contributed by atoms with Crippen molar-refractivity contribution < 1.29 is 31.8 Å². The van der Waals surface area contributed by atoms with E-state index in [2.05, 4.69) is 5.32 Å². The lowest BCUT2D eigenvalue weighted by Gasteiger charge is -2.21. The smallest absolute Gasteiger partial charge is 0.418 e. The Balaban J connectivity index is 1.62. The third-order valence-corrected chi connectivity index (χ3v) is 5.32. The normalized spacial score (nSPS) is 13.4. The van der Waals surface area contributed by atoms with Crippen LogP contribution in [0.2, 0.25) is 0 Å². The van der Waals surface area contributed by atoms with Crippen molar-refractivity contribution in [2.75, 3.05) is 6.79 Å². The van der Waals surface area contributed by atoms with Crippen LogP contribution in [0.1, 0.15) is 38.4 Å². The molecule has 9 heteroatoms. The van der Waals surface area contributed by atoms with Crippen LogP contribution in [0.15, 0.2) is 42.5 Å². The Morgan fingerprint density at radius 3 is 2.66 bits per heavy atom. The molecular formula is C23H20F4N2O3. The fourth-order valence-electron chi connectivity index (χ4n) is 3.93. The van der Waals surface area contributed by atoms with Crippen LogP contribution in [0.5, 0.6) is 5.75 Å².